The number of allylic oxidation sites excluding steroid dienone is 1. The molecular weight excluding hydrogens is 589 g/mol. The minimum Gasteiger partial charge on any atom is -0.454 e. The van der Waals surface area contributed by atoms with Gasteiger partial charge in [-0.05, 0) is 47.5 Å². The first kappa shape index (κ1) is 26.8. The van der Waals surface area contributed by atoms with Crippen LogP contribution in [0.4, 0.5) is 0 Å². The zero-order chi connectivity index (χ0) is 31.6. The molecule has 0 bridgehead atoms. The first-order chi connectivity index (χ1) is 23.8. The minimum absolute atomic E-state index is 0.127. The molecule has 5 heteroatoms. The minimum atomic E-state index is -0.127. The van der Waals surface area contributed by atoms with E-state index in [1.807, 2.05) is 42.5 Å². The topological polar surface area (TPSA) is 56.7 Å². The second-order valence-corrected chi connectivity index (χ2v) is 12.4. The van der Waals surface area contributed by atoms with Crippen molar-refractivity contribution in [3.8, 4) is 22.8 Å². The molecule has 0 amide bonds. The van der Waals surface area contributed by atoms with E-state index in [4.69, 9.17) is 19.4 Å². The van der Waals surface area contributed by atoms with E-state index in [2.05, 4.69) is 114 Å². The van der Waals surface area contributed by atoms with Crippen LogP contribution in [0.15, 0.2) is 156 Å². The molecule has 1 atom stereocenters. The largest absolute Gasteiger partial charge is 0.454 e. The highest BCUT2D eigenvalue weighted by atomic mass is 16.3. The Hall–Kier alpha value is -6.33. The van der Waals surface area contributed by atoms with Gasteiger partial charge in [0.2, 0.25) is 0 Å². The fourth-order valence-corrected chi connectivity index (χ4v) is 7.30. The molecule has 0 saturated heterocycles. The Balaban J connectivity index is 1.26. The van der Waals surface area contributed by atoms with E-state index >= 15 is 0 Å². The average Bonchev–Trinajstić information content (AvgIpc) is 3.69. The van der Waals surface area contributed by atoms with Gasteiger partial charge in [-0.15, -0.1) is 0 Å². The monoisotopic (exact) mass is 616 g/mol. The van der Waals surface area contributed by atoms with Gasteiger partial charge < -0.3 is 8.98 Å². The highest BCUT2D eigenvalue weighted by molar-refractivity contribution is 6.15. The SMILES string of the molecule is C1=C(n2c3ccccc3c3cc4ccccc4cc32)c2oc3ccccc3c2CC1c1nc(-c2ccccc2)nc(-c2ccccc2)n1. The highest BCUT2D eigenvalue weighted by Gasteiger charge is 2.31. The maximum Gasteiger partial charge on any atom is 0.163 e. The number of furan rings is 1. The lowest BCUT2D eigenvalue weighted by Crippen LogP contribution is -2.15. The summed E-state index contributed by atoms with van der Waals surface area (Å²) >= 11 is 0. The van der Waals surface area contributed by atoms with Crippen LogP contribution in [0.25, 0.3) is 72.0 Å². The zero-order valence-electron chi connectivity index (χ0n) is 25.9. The van der Waals surface area contributed by atoms with Gasteiger partial charge in [-0.2, -0.15) is 0 Å². The summed E-state index contributed by atoms with van der Waals surface area (Å²) < 4.78 is 9.12. The lowest BCUT2D eigenvalue weighted by molar-refractivity contribution is 0.578. The summed E-state index contributed by atoms with van der Waals surface area (Å²) in [5, 5.41) is 5.96. The molecule has 0 saturated carbocycles. The summed E-state index contributed by atoms with van der Waals surface area (Å²) in [5.74, 6) is 2.84. The third-order valence-electron chi connectivity index (χ3n) is 9.54. The van der Waals surface area contributed by atoms with Crippen molar-refractivity contribution in [2.24, 2.45) is 0 Å². The van der Waals surface area contributed by atoms with Crippen LogP contribution in [-0.2, 0) is 6.42 Å². The predicted molar refractivity (Wildman–Crippen MR) is 194 cm³/mol. The lowest BCUT2D eigenvalue weighted by atomic mass is 9.89. The molecule has 10 rings (SSSR count). The Kier molecular flexibility index (Phi) is 5.93. The number of aromatic nitrogens is 4. The van der Waals surface area contributed by atoms with Crippen molar-refractivity contribution < 1.29 is 4.42 Å². The highest BCUT2D eigenvalue weighted by Crippen LogP contribution is 2.44. The quantitative estimate of drug-likeness (QED) is 0.197. The number of para-hydroxylation sites is 2. The fraction of sp³-hybridized carbons (Fsp3) is 0.0465. The van der Waals surface area contributed by atoms with Gasteiger partial charge in [-0.25, -0.2) is 15.0 Å². The Morgan fingerprint density at radius 2 is 1.15 bits per heavy atom. The first-order valence-electron chi connectivity index (χ1n) is 16.3. The zero-order valence-corrected chi connectivity index (χ0v) is 25.9. The van der Waals surface area contributed by atoms with E-state index < -0.39 is 0 Å². The van der Waals surface area contributed by atoms with Crippen LogP contribution in [0.2, 0.25) is 0 Å². The van der Waals surface area contributed by atoms with Gasteiger partial charge in [-0.1, -0.05) is 121 Å². The Morgan fingerprint density at radius 1 is 0.542 bits per heavy atom. The van der Waals surface area contributed by atoms with Crippen molar-refractivity contribution in [3.05, 3.63) is 169 Å². The lowest BCUT2D eigenvalue weighted by Gasteiger charge is -2.22. The molecule has 0 fully saturated rings. The van der Waals surface area contributed by atoms with Crippen molar-refractivity contribution in [2.75, 3.05) is 0 Å². The van der Waals surface area contributed by atoms with Crippen molar-refractivity contribution in [1.82, 2.24) is 19.5 Å². The van der Waals surface area contributed by atoms with Gasteiger partial charge in [-0.3, -0.25) is 0 Å². The normalized spacial score (nSPS) is 14.5. The van der Waals surface area contributed by atoms with Crippen LogP contribution in [0.1, 0.15) is 23.1 Å². The fourth-order valence-electron chi connectivity index (χ4n) is 7.30. The van der Waals surface area contributed by atoms with Crippen molar-refractivity contribution in [2.45, 2.75) is 12.3 Å². The van der Waals surface area contributed by atoms with Crippen LogP contribution < -0.4 is 0 Å². The molecule has 3 aromatic heterocycles. The van der Waals surface area contributed by atoms with E-state index in [0.29, 0.717) is 18.1 Å². The molecule has 3 heterocycles. The maximum atomic E-state index is 6.74. The number of hydrogen-bond acceptors (Lipinski definition) is 4. The summed E-state index contributed by atoms with van der Waals surface area (Å²) in [7, 11) is 0. The summed E-state index contributed by atoms with van der Waals surface area (Å²) in [6, 6.07) is 50.5. The van der Waals surface area contributed by atoms with Gasteiger partial charge in [0, 0.05) is 38.8 Å². The van der Waals surface area contributed by atoms with Gasteiger partial charge in [0.25, 0.3) is 0 Å². The van der Waals surface area contributed by atoms with Crippen molar-refractivity contribution >= 4 is 49.2 Å². The van der Waals surface area contributed by atoms with Crippen molar-refractivity contribution in [1.29, 1.82) is 0 Å². The van der Waals surface area contributed by atoms with Crippen LogP contribution in [0.5, 0.6) is 0 Å². The maximum absolute atomic E-state index is 6.74. The average molecular weight is 617 g/mol. The van der Waals surface area contributed by atoms with Gasteiger partial charge in [0.15, 0.2) is 17.4 Å². The number of fused-ring (bicyclic) bond motifs is 7. The van der Waals surface area contributed by atoms with E-state index in [-0.39, 0.29) is 5.92 Å². The Bertz CT molecular complexity index is 2650. The molecule has 48 heavy (non-hydrogen) atoms. The number of rotatable bonds is 4. The summed E-state index contributed by atoms with van der Waals surface area (Å²) in [6.07, 6.45) is 3.02. The molecule has 1 aliphatic carbocycles. The van der Waals surface area contributed by atoms with Gasteiger partial charge in [0.05, 0.1) is 16.7 Å². The molecule has 0 N–H and O–H groups in total. The number of hydrogen-bond donors (Lipinski definition) is 0. The first-order valence-corrected chi connectivity index (χ1v) is 16.3. The molecule has 0 aliphatic heterocycles. The predicted octanol–water partition coefficient (Wildman–Crippen LogP) is 10.4. The van der Waals surface area contributed by atoms with Gasteiger partial charge >= 0.3 is 0 Å². The second-order valence-electron chi connectivity index (χ2n) is 12.4. The Labute approximate surface area is 276 Å². The van der Waals surface area contributed by atoms with Gasteiger partial charge in [0.1, 0.15) is 11.4 Å². The third kappa shape index (κ3) is 4.21. The van der Waals surface area contributed by atoms with E-state index in [9.17, 15) is 0 Å². The molecular formula is C43H28N4O. The molecule has 6 aromatic carbocycles. The van der Waals surface area contributed by atoms with E-state index in [1.54, 1.807) is 0 Å². The van der Waals surface area contributed by atoms with E-state index in [1.165, 1.54) is 27.1 Å². The van der Waals surface area contributed by atoms with E-state index in [0.717, 1.165) is 50.4 Å². The van der Waals surface area contributed by atoms with Crippen LogP contribution in [0, 0.1) is 0 Å². The van der Waals surface area contributed by atoms with Crippen LogP contribution in [0.3, 0.4) is 0 Å². The molecule has 9 aromatic rings. The molecule has 0 radical (unpaired) electrons. The van der Waals surface area contributed by atoms with Crippen LogP contribution >= 0.6 is 0 Å². The van der Waals surface area contributed by atoms with Crippen molar-refractivity contribution in [3.63, 3.8) is 0 Å². The summed E-state index contributed by atoms with van der Waals surface area (Å²) in [5.41, 5.74) is 7.24. The van der Waals surface area contributed by atoms with Crippen LogP contribution in [-0.4, -0.2) is 19.5 Å². The Morgan fingerprint density at radius 3 is 1.88 bits per heavy atom. The standard InChI is InChI=1S/C43H28N4O/c1-3-13-27(14-4-1)41-44-42(28-15-5-2-6-16-28)46-43(45-41)31-24-35-33-20-10-12-22-39(33)48-40(35)38(26-31)47-36-21-11-9-19-32(36)34-23-29-17-7-8-18-30(29)25-37(34)47/h1-23,25-26,31H,24H2. The smallest absolute Gasteiger partial charge is 0.163 e. The molecule has 226 valence electrons. The molecule has 1 aliphatic rings. The number of benzene rings is 6. The third-order valence-corrected chi connectivity index (χ3v) is 9.54. The molecule has 5 nitrogen and oxygen atoms in total. The number of nitrogens with zero attached hydrogens (tertiary/aromatic N) is 4. The molecule has 0 spiro atoms. The summed E-state index contributed by atoms with van der Waals surface area (Å²) in [6.45, 7) is 0. The second kappa shape index (κ2) is 10.6. The summed E-state index contributed by atoms with van der Waals surface area (Å²) in [4.78, 5) is 15.3. The molecule has 1 unspecified atom stereocenters.